The van der Waals surface area contributed by atoms with Crippen molar-refractivity contribution in [2.75, 3.05) is 19.7 Å². The Balaban J connectivity index is 0.00000180. The van der Waals surface area contributed by atoms with E-state index >= 15 is 0 Å². The molecular weight excluding hydrogens is 338 g/mol. The largest absolute Gasteiger partial charge is 0.366 e. The zero-order valence-corrected chi connectivity index (χ0v) is 12.5. The van der Waals surface area contributed by atoms with Crippen LogP contribution in [0.25, 0.3) is 0 Å². The maximum absolute atomic E-state index is 12.9. The summed E-state index contributed by atoms with van der Waals surface area (Å²) in [5.41, 5.74) is 0.827. The number of carbonyl (C=O) groups excluding carboxylic acids is 1. The first-order chi connectivity index (χ1) is 8.66. The Bertz CT molecular complexity index is 442. The minimum atomic E-state index is -0.446. The molecule has 1 aromatic carbocycles. The summed E-state index contributed by atoms with van der Waals surface area (Å²) in [5.74, 6) is -0.463. The van der Waals surface area contributed by atoms with Gasteiger partial charge < -0.3 is 15.4 Å². The Morgan fingerprint density at radius 1 is 1.58 bits per heavy atom. The number of hydrogen-bond donors (Lipinski definition) is 2. The molecule has 106 valence electrons. The van der Waals surface area contributed by atoms with Gasteiger partial charge in [-0.2, -0.15) is 0 Å². The van der Waals surface area contributed by atoms with E-state index in [9.17, 15) is 9.18 Å². The van der Waals surface area contributed by atoms with E-state index in [1.54, 1.807) is 6.07 Å². The van der Waals surface area contributed by atoms with Crippen LogP contribution in [0.1, 0.15) is 5.56 Å². The number of hydrogen-bond acceptors (Lipinski definition) is 3. The number of halogens is 3. The molecule has 1 fully saturated rings. The van der Waals surface area contributed by atoms with Gasteiger partial charge in [-0.3, -0.25) is 4.79 Å². The fraction of sp³-hybridized carbons (Fsp3) is 0.417. The molecule has 0 radical (unpaired) electrons. The van der Waals surface area contributed by atoms with Gasteiger partial charge in [-0.25, -0.2) is 4.39 Å². The molecule has 2 rings (SSSR count). The highest BCUT2D eigenvalue weighted by molar-refractivity contribution is 9.10. The van der Waals surface area contributed by atoms with Crippen LogP contribution in [0.4, 0.5) is 4.39 Å². The van der Waals surface area contributed by atoms with Crippen LogP contribution >= 0.6 is 28.3 Å². The highest BCUT2D eigenvalue weighted by atomic mass is 79.9. The second-order valence-electron chi connectivity index (χ2n) is 4.02. The van der Waals surface area contributed by atoms with Gasteiger partial charge >= 0.3 is 0 Å². The van der Waals surface area contributed by atoms with E-state index < -0.39 is 6.10 Å². The van der Waals surface area contributed by atoms with Crippen LogP contribution in [-0.2, 0) is 16.1 Å². The Morgan fingerprint density at radius 3 is 3.00 bits per heavy atom. The van der Waals surface area contributed by atoms with E-state index in [-0.39, 0.29) is 24.1 Å². The van der Waals surface area contributed by atoms with E-state index in [4.69, 9.17) is 4.74 Å². The minimum absolute atomic E-state index is 0. The second kappa shape index (κ2) is 7.79. The predicted molar refractivity (Wildman–Crippen MR) is 75.8 cm³/mol. The van der Waals surface area contributed by atoms with Crippen molar-refractivity contribution in [1.29, 1.82) is 0 Å². The third-order valence-electron chi connectivity index (χ3n) is 2.69. The fourth-order valence-corrected chi connectivity index (χ4v) is 2.19. The molecule has 1 aliphatic heterocycles. The van der Waals surface area contributed by atoms with E-state index in [2.05, 4.69) is 26.6 Å². The van der Waals surface area contributed by atoms with E-state index in [0.717, 1.165) is 12.1 Å². The van der Waals surface area contributed by atoms with Gasteiger partial charge in [-0.15, -0.1) is 12.4 Å². The lowest BCUT2D eigenvalue weighted by Crippen LogP contribution is -2.47. The van der Waals surface area contributed by atoms with E-state index in [1.165, 1.54) is 12.1 Å². The van der Waals surface area contributed by atoms with Crippen LogP contribution in [0.15, 0.2) is 22.7 Å². The molecule has 0 saturated carbocycles. The molecule has 2 N–H and O–H groups in total. The van der Waals surface area contributed by atoms with Gasteiger partial charge in [-0.05, 0) is 17.7 Å². The maximum Gasteiger partial charge on any atom is 0.250 e. The molecule has 0 aliphatic carbocycles. The summed E-state index contributed by atoms with van der Waals surface area (Å²) < 4.78 is 18.9. The first-order valence-electron chi connectivity index (χ1n) is 5.71. The van der Waals surface area contributed by atoms with Gasteiger partial charge in [0.2, 0.25) is 0 Å². The summed E-state index contributed by atoms with van der Waals surface area (Å²) in [6.45, 7) is 2.18. The number of carbonyl (C=O) groups is 1. The number of morpholine rings is 1. The van der Waals surface area contributed by atoms with Crippen molar-refractivity contribution in [3.05, 3.63) is 34.1 Å². The van der Waals surface area contributed by atoms with E-state index in [1.807, 2.05) is 0 Å². The summed E-state index contributed by atoms with van der Waals surface area (Å²) in [4.78, 5) is 11.8. The highest BCUT2D eigenvalue weighted by Crippen LogP contribution is 2.17. The third-order valence-corrected chi connectivity index (χ3v) is 3.43. The molecule has 1 aliphatic rings. The van der Waals surface area contributed by atoms with Crippen molar-refractivity contribution >= 4 is 34.2 Å². The molecule has 0 spiro atoms. The van der Waals surface area contributed by atoms with Gasteiger partial charge in [0.15, 0.2) is 0 Å². The van der Waals surface area contributed by atoms with Gasteiger partial charge in [-0.1, -0.05) is 22.0 Å². The van der Waals surface area contributed by atoms with Crippen LogP contribution < -0.4 is 10.6 Å². The number of ether oxygens (including phenoxy) is 1. The first kappa shape index (κ1) is 16.4. The van der Waals surface area contributed by atoms with Crippen molar-refractivity contribution in [3.8, 4) is 0 Å². The predicted octanol–water partition coefficient (Wildman–Crippen LogP) is 1.61. The zero-order chi connectivity index (χ0) is 13.0. The molecule has 19 heavy (non-hydrogen) atoms. The number of benzene rings is 1. The smallest absolute Gasteiger partial charge is 0.250 e. The molecule has 1 atom stereocenters. The van der Waals surface area contributed by atoms with Crippen molar-refractivity contribution < 1.29 is 13.9 Å². The Morgan fingerprint density at radius 2 is 2.37 bits per heavy atom. The number of rotatable bonds is 3. The summed E-state index contributed by atoms with van der Waals surface area (Å²) in [7, 11) is 0. The van der Waals surface area contributed by atoms with Crippen LogP contribution in [0.5, 0.6) is 0 Å². The monoisotopic (exact) mass is 352 g/mol. The molecule has 1 aromatic rings. The minimum Gasteiger partial charge on any atom is -0.366 e. The molecule has 7 heteroatoms. The molecule has 1 heterocycles. The summed E-state index contributed by atoms with van der Waals surface area (Å²) in [6.07, 6.45) is -0.446. The molecular formula is C12H15BrClFN2O2. The second-order valence-corrected chi connectivity index (χ2v) is 4.87. The topological polar surface area (TPSA) is 50.4 Å². The molecule has 1 unspecified atom stereocenters. The zero-order valence-electron chi connectivity index (χ0n) is 10.1. The lowest BCUT2D eigenvalue weighted by Gasteiger charge is -2.22. The average molecular weight is 354 g/mol. The van der Waals surface area contributed by atoms with Crippen molar-refractivity contribution in [1.82, 2.24) is 10.6 Å². The fourth-order valence-electron chi connectivity index (χ4n) is 1.70. The average Bonchev–Trinajstić information content (AvgIpc) is 2.38. The SMILES string of the molecule is Cl.O=C(NCc1ccc(F)cc1Br)C1CNCCO1. The number of amides is 1. The molecule has 1 saturated heterocycles. The Labute approximate surface area is 125 Å². The Kier molecular flexibility index (Phi) is 6.71. The van der Waals surface area contributed by atoms with Crippen LogP contribution in [0.2, 0.25) is 0 Å². The Hall–Kier alpha value is -0.690. The highest BCUT2D eigenvalue weighted by Gasteiger charge is 2.21. The molecule has 0 aromatic heterocycles. The van der Waals surface area contributed by atoms with Gasteiger partial charge in [0.25, 0.3) is 5.91 Å². The molecule has 0 bridgehead atoms. The standard InChI is InChI=1S/C12H14BrFN2O2.ClH/c13-10-5-9(14)2-1-8(10)6-16-12(17)11-7-15-3-4-18-11;/h1-2,5,11,15H,3-4,6-7H2,(H,16,17);1H. The summed E-state index contributed by atoms with van der Waals surface area (Å²) >= 11 is 3.26. The lowest BCUT2D eigenvalue weighted by atomic mass is 10.2. The van der Waals surface area contributed by atoms with Crippen LogP contribution in [-0.4, -0.2) is 31.7 Å². The van der Waals surface area contributed by atoms with Crippen molar-refractivity contribution in [2.45, 2.75) is 12.6 Å². The third kappa shape index (κ3) is 4.72. The van der Waals surface area contributed by atoms with Gasteiger partial charge in [0.1, 0.15) is 11.9 Å². The van der Waals surface area contributed by atoms with E-state index in [0.29, 0.717) is 24.2 Å². The van der Waals surface area contributed by atoms with Crippen molar-refractivity contribution in [3.63, 3.8) is 0 Å². The van der Waals surface area contributed by atoms with Crippen LogP contribution in [0, 0.1) is 5.82 Å². The lowest BCUT2D eigenvalue weighted by molar-refractivity contribution is -0.134. The maximum atomic E-state index is 12.9. The normalized spacial score (nSPS) is 18.5. The van der Waals surface area contributed by atoms with Crippen LogP contribution in [0.3, 0.4) is 0 Å². The number of nitrogens with one attached hydrogen (secondary N) is 2. The van der Waals surface area contributed by atoms with Crippen molar-refractivity contribution in [2.24, 2.45) is 0 Å². The van der Waals surface area contributed by atoms with Gasteiger partial charge in [0, 0.05) is 24.1 Å². The quantitative estimate of drug-likeness (QED) is 0.868. The first-order valence-corrected chi connectivity index (χ1v) is 6.50. The molecule has 4 nitrogen and oxygen atoms in total. The van der Waals surface area contributed by atoms with Gasteiger partial charge in [0.05, 0.1) is 6.61 Å². The molecule has 1 amide bonds. The summed E-state index contributed by atoms with van der Waals surface area (Å²) in [5, 5.41) is 5.86. The summed E-state index contributed by atoms with van der Waals surface area (Å²) in [6, 6.07) is 4.38.